The second-order valence-electron chi connectivity index (χ2n) is 3.31. The summed E-state index contributed by atoms with van der Waals surface area (Å²) in [6.45, 7) is 1.05. The van der Waals surface area contributed by atoms with Crippen molar-refractivity contribution in [1.82, 2.24) is 5.32 Å². The first-order chi connectivity index (χ1) is 7.35. The predicted octanol–water partition coefficient (Wildman–Crippen LogP) is 2.04. The molecule has 0 aromatic heterocycles. The summed E-state index contributed by atoms with van der Waals surface area (Å²) < 4.78 is 10.6. The monoisotopic (exact) mass is 225 g/mol. The van der Waals surface area contributed by atoms with E-state index in [-0.39, 0.29) is 0 Å². The van der Waals surface area contributed by atoms with Crippen molar-refractivity contribution in [3.63, 3.8) is 0 Å². The molecule has 1 aliphatic rings. The molecule has 1 fully saturated rings. The lowest BCUT2D eigenvalue weighted by Gasteiger charge is -2.15. The van der Waals surface area contributed by atoms with Gasteiger partial charge in [-0.15, -0.1) is 11.8 Å². The zero-order chi connectivity index (χ0) is 10.7. The van der Waals surface area contributed by atoms with Crippen LogP contribution in [0.3, 0.4) is 0 Å². The number of benzene rings is 1. The van der Waals surface area contributed by atoms with Crippen LogP contribution >= 0.6 is 11.8 Å². The fourth-order valence-corrected chi connectivity index (χ4v) is 2.74. The summed E-state index contributed by atoms with van der Waals surface area (Å²) in [7, 11) is 3.38. The van der Waals surface area contributed by atoms with E-state index in [1.807, 2.05) is 30.0 Å². The number of rotatable bonds is 3. The minimum atomic E-state index is 0.329. The molecule has 1 aliphatic heterocycles. The molecule has 1 unspecified atom stereocenters. The summed E-state index contributed by atoms with van der Waals surface area (Å²) in [4.78, 5) is 0. The van der Waals surface area contributed by atoms with E-state index in [2.05, 4.69) is 5.32 Å². The number of nitrogens with one attached hydrogen (secondary N) is 1. The minimum Gasteiger partial charge on any atom is -0.497 e. The highest BCUT2D eigenvalue weighted by atomic mass is 32.2. The number of methoxy groups -OCH3 is 2. The van der Waals surface area contributed by atoms with E-state index in [1.165, 1.54) is 5.56 Å². The maximum Gasteiger partial charge on any atom is 0.124 e. The molecule has 1 heterocycles. The second-order valence-corrected chi connectivity index (χ2v) is 4.53. The lowest BCUT2D eigenvalue weighted by atomic mass is 10.2. The van der Waals surface area contributed by atoms with Gasteiger partial charge in [-0.3, -0.25) is 0 Å². The standard InChI is InChI=1S/C11H15NO2S/c1-13-8-3-4-10(14-2)9(7-8)11-12-5-6-15-11/h3-4,7,11-12H,5-6H2,1-2H3. The minimum absolute atomic E-state index is 0.329. The molecule has 82 valence electrons. The van der Waals surface area contributed by atoms with Gasteiger partial charge in [-0.25, -0.2) is 0 Å². The van der Waals surface area contributed by atoms with E-state index in [9.17, 15) is 0 Å². The molecule has 0 amide bonds. The molecule has 0 spiro atoms. The van der Waals surface area contributed by atoms with Gasteiger partial charge in [0.1, 0.15) is 11.5 Å². The lowest BCUT2D eigenvalue weighted by Crippen LogP contribution is -2.13. The van der Waals surface area contributed by atoms with Crippen LogP contribution in [0.15, 0.2) is 18.2 Å². The fraction of sp³-hybridized carbons (Fsp3) is 0.455. The van der Waals surface area contributed by atoms with Crippen molar-refractivity contribution in [3.05, 3.63) is 23.8 Å². The van der Waals surface area contributed by atoms with E-state index in [0.29, 0.717) is 5.37 Å². The zero-order valence-electron chi connectivity index (χ0n) is 8.95. The number of hydrogen-bond donors (Lipinski definition) is 1. The molecular weight excluding hydrogens is 210 g/mol. The fourth-order valence-electron chi connectivity index (χ4n) is 1.67. The largest absolute Gasteiger partial charge is 0.497 e. The van der Waals surface area contributed by atoms with Gasteiger partial charge in [-0.2, -0.15) is 0 Å². The van der Waals surface area contributed by atoms with Gasteiger partial charge in [-0.1, -0.05) is 0 Å². The first kappa shape index (κ1) is 10.6. The van der Waals surface area contributed by atoms with E-state index < -0.39 is 0 Å². The van der Waals surface area contributed by atoms with Gasteiger partial charge in [-0.05, 0) is 18.2 Å². The third kappa shape index (κ3) is 2.21. The van der Waals surface area contributed by atoms with E-state index in [4.69, 9.17) is 9.47 Å². The molecule has 3 nitrogen and oxygen atoms in total. The number of thioether (sulfide) groups is 1. The Hall–Kier alpha value is -0.870. The van der Waals surface area contributed by atoms with Crippen LogP contribution in [0.2, 0.25) is 0 Å². The normalized spacial score (nSPS) is 20.3. The Morgan fingerprint density at radius 3 is 2.80 bits per heavy atom. The number of ether oxygens (including phenoxy) is 2. The van der Waals surface area contributed by atoms with Crippen molar-refractivity contribution in [1.29, 1.82) is 0 Å². The molecule has 0 radical (unpaired) electrons. The quantitative estimate of drug-likeness (QED) is 0.852. The molecule has 0 aliphatic carbocycles. The molecule has 15 heavy (non-hydrogen) atoms. The van der Waals surface area contributed by atoms with Crippen molar-refractivity contribution in [3.8, 4) is 11.5 Å². The van der Waals surface area contributed by atoms with Crippen LogP contribution in [-0.4, -0.2) is 26.5 Å². The third-order valence-electron chi connectivity index (χ3n) is 2.44. The third-order valence-corrected chi connectivity index (χ3v) is 3.63. The van der Waals surface area contributed by atoms with E-state index in [0.717, 1.165) is 23.8 Å². The van der Waals surface area contributed by atoms with Crippen LogP contribution < -0.4 is 14.8 Å². The molecule has 2 rings (SSSR count). The molecule has 1 saturated heterocycles. The van der Waals surface area contributed by atoms with E-state index >= 15 is 0 Å². The predicted molar refractivity (Wildman–Crippen MR) is 62.7 cm³/mol. The summed E-state index contributed by atoms with van der Waals surface area (Å²) >= 11 is 1.90. The first-order valence-corrected chi connectivity index (χ1v) is 5.97. The van der Waals surface area contributed by atoms with Crippen molar-refractivity contribution < 1.29 is 9.47 Å². The summed E-state index contributed by atoms with van der Waals surface area (Å²) in [5, 5.41) is 3.76. The van der Waals surface area contributed by atoms with Gasteiger partial charge < -0.3 is 14.8 Å². The second kappa shape index (κ2) is 4.77. The van der Waals surface area contributed by atoms with Gasteiger partial charge in [0.15, 0.2) is 0 Å². The average molecular weight is 225 g/mol. The highest BCUT2D eigenvalue weighted by Crippen LogP contribution is 2.37. The Balaban J connectivity index is 2.32. The van der Waals surface area contributed by atoms with Crippen LogP contribution in [-0.2, 0) is 0 Å². The Kier molecular flexibility index (Phi) is 3.38. The van der Waals surface area contributed by atoms with Crippen LogP contribution in [0.4, 0.5) is 0 Å². The number of hydrogen-bond acceptors (Lipinski definition) is 4. The lowest BCUT2D eigenvalue weighted by molar-refractivity contribution is 0.397. The maximum absolute atomic E-state index is 5.35. The Morgan fingerprint density at radius 2 is 2.20 bits per heavy atom. The van der Waals surface area contributed by atoms with Gasteiger partial charge in [0, 0.05) is 17.9 Å². The van der Waals surface area contributed by atoms with Crippen molar-refractivity contribution in [2.24, 2.45) is 0 Å². The molecule has 4 heteroatoms. The summed E-state index contributed by atoms with van der Waals surface area (Å²) in [6.07, 6.45) is 0. The van der Waals surface area contributed by atoms with Crippen LogP contribution in [0.1, 0.15) is 10.9 Å². The molecular formula is C11H15NO2S. The smallest absolute Gasteiger partial charge is 0.124 e. The molecule has 1 N–H and O–H groups in total. The topological polar surface area (TPSA) is 30.5 Å². The van der Waals surface area contributed by atoms with Gasteiger partial charge in [0.2, 0.25) is 0 Å². The van der Waals surface area contributed by atoms with Gasteiger partial charge in [0.05, 0.1) is 19.6 Å². The summed E-state index contributed by atoms with van der Waals surface area (Å²) in [5.74, 6) is 2.94. The van der Waals surface area contributed by atoms with E-state index in [1.54, 1.807) is 14.2 Å². The molecule has 0 bridgehead atoms. The Bertz CT molecular complexity index is 337. The first-order valence-electron chi connectivity index (χ1n) is 4.92. The van der Waals surface area contributed by atoms with Crippen LogP contribution in [0, 0.1) is 0 Å². The Morgan fingerprint density at radius 1 is 1.33 bits per heavy atom. The van der Waals surface area contributed by atoms with Gasteiger partial charge >= 0.3 is 0 Å². The average Bonchev–Trinajstić information content (AvgIpc) is 2.81. The Labute approximate surface area is 94.2 Å². The molecule has 0 saturated carbocycles. The molecule has 1 aromatic carbocycles. The van der Waals surface area contributed by atoms with Crippen LogP contribution in [0.25, 0.3) is 0 Å². The van der Waals surface area contributed by atoms with Crippen molar-refractivity contribution in [2.75, 3.05) is 26.5 Å². The zero-order valence-corrected chi connectivity index (χ0v) is 9.76. The molecule has 1 atom stereocenters. The van der Waals surface area contributed by atoms with Crippen molar-refractivity contribution >= 4 is 11.8 Å². The van der Waals surface area contributed by atoms with Crippen molar-refractivity contribution in [2.45, 2.75) is 5.37 Å². The van der Waals surface area contributed by atoms with Gasteiger partial charge in [0.25, 0.3) is 0 Å². The highest BCUT2D eigenvalue weighted by Gasteiger charge is 2.20. The maximum atomic E-state index is 5.35. The summed E-state index contributed by atoms with van der Waals surface area (Å²) in [5.41, 5.74) is 1.17. The SMILES string of the molecule is COc1ccc(OC)c(C2NCCS2)c1. The summed E-state index contributed by atoms with van der Waals surface area (Å²) in [6, 6.07) is 5.91. The van der Waals surface area contributed by atoms with Crippen LogP contribution in [0.5, 0.6) is 11.5 Å². The highest BCUT2D eigenvalue weighted by molar-refractivity contribution is 7.99. The molecule has 1 aromatic rings.